The number of fused-ring (bicyclic) bond motifs is 2. The van der Waals surface area contributed by atoms with Crippen LogP contribution in [0.3, 0.4) is 0 Å². The van der Waals surface area contributed by atoms with E-state index in [1.807, 2.05) is 13.0 Å². The molecule has 7 N–H and O–H groups in total. The van der Waals surface area contributed by atoms with Crippen LogP contribution in [-0.4, -0.2) is 50.2 Å². The van der Waals surface area contributed by atoms with E-state index >= 15 is 0 Å². The fourth-order valence-corrected chi connectivity index (χ4v) is 4.71. The minimum atomic E-state index is -1.04. The van der Waals surface area contributed by atoms with Crippen molar-refractivity contribution in [2.45, 2.75) is 46.5 Å². The molecule has 8 heteroatoms. The van der Waals surface area contributed by atoms with E-state index in [4.69, 9.17) is 0 Å². The number of aryl methyl sites for hydroxylation is 1. The number of Topliss-reactive ketones (excluding diaryl/α,β-unsaturated/α-hetero) is 3. The molecule has 0 bridgehead atoms. The van der Waals surface area contributed by atoms with E-state index in [0.717, 1.165) is 11.1 Å². The lowest BCUT2D eigenvalue weighted by molar-refractivity contribution is -0.137. The van der Waals surface area contributed by atoms with Gasteiger partial charge >= 0.3 is 0 Å². The molecule has 3 atom stereocenters. The second-order valence-electron chi connectivity index (χ2n) is 8.06. The van der Waals surface area contributed by atoms with E-state index < -0.39 is 17.5 Å². The molecule has 0 heterocycles. The summed E-state index contributed by atoms with van der Waals surface area (Å²) in [7, 11) is 0. The Morgan fingerprint density at radius 1 is 1.20 bits per heavy atom. The number of phenolic OH excluding ortho intramolecular Hbond substituents is 1. The topological polar surface area (TPSA) is 175 Å². The quantitative estimate of drug-likeness (QED) is 0.600. The van der Waals surface area contributed by atoms with Gasteiger partial charge in [-0.15, -0.1) is 0 Å². The fourth-order valence-electron chi connectivity index (χ4n) is 4.71. The maximum absolute atomic E-state index is 13.2. The van der Waals surface area contributed by atoms with Crippen molar-refractivity contribution in [3.05, 3.63) is 33.9 Å². The first-order chi connectivity index (χ1) is 13.2. The molecule has 0 aliphatic heterocycles. The number of allylic oxidation sites excluding steroid dienone is 1. The first-order valence-corrected chi connectivity index (χ1v) is 9.60. The van der Waals surface area contributed by atoms with Crippen molar-refractivity contribution >= 4 is 23.1 Å². The highest BCUT2D eigenvalue weighted by Crippen LogP contribution is 2.48. The van der Waals surface area contributed by atoms with Gasteiger partial charge in [-0.2, -0.15) is 0 Å². The van der Waals surface area contributed by atoms with Crippen molar-refractivity contribution in [2.24, 2.45) is 17.8 Å². The van der Waals surface area contributed by atoms with Gasteiger partial charge in [-0.1, -0.05) is 6.07 Å². The lowest BCUT2D eigenvalue weighted by atomic mass is 9.63. The number of carbonyl (C=O) groups is 3. The zero-order valence-corrected chi connectivity index (χ0v) is 17.4. The van der Waals surface area contributed by atoms with Gasteiger partial charge in [0.25, 0.3) is 0 Å². The number of benzene rings is 1. The molecule has 1 saturated carbocycles. The van der Waals surface area contributed by atoms with Gasteiger partial charge in [0.15, 0.2) is 11.6 Å². The lowest BCUT2D eigenvalue weighted by Gasteiger charge is -2.39. The molecule has 30 heavy (non-hydrogen) atoms. The Morgan fingerprint density at radius 3 is 2.40 bits per heavy atom. The van der Waals surface area contributed by atoms with Gasteiger partial charge < -0.3 is 26.3 Å². The van der Waals surface area contributed by atoms with E-state index in [0.29, 0.717) is 18.4 Å². The predicted octanol–water partition coefficient (Wildman–Crippen LogP) is 1.43. The van der Waals surface area contributed by atoms with Crippen molar-refractivity contribution in [1.82, 2.24) is 0 Å². The summed E-state index contributed by atoms with van der Waals surface area (Å²) in [5, 5.41) is 30.9. The molecule has 3 unspecified atom stereocenters. The Hall–Kier alpha value is -2.55. The average Bonchev–Trinajstić information content (AvgIpc) is 2.58. The summed E-state index contributed by atoms with van der Waals surface area (Å²) in [5.74, 6) is -3.27. The lowest BCUT2D eigenvalue weighted by Crippen LogP contribution is -2.43. The van der Waals surface area contributed by atoms with E-state index in [1.54, 1.807) is 6.92 Å². The number of carbonyl (C=O) groups excluding carboxylic acids is 3. The maximum atomic E-state index is 13.2. The van der Waals surface area contributed by atoms with Crippen LogP contribution in [0.15, 0.2) is 11.6 Å². The van der Waals surface area contributed by atoms with E-state index in [9.17, 15) is 29.7 Å². The second kappa shape index (κ2) is 9.51. The molecule has 0 amide bonds. The third kappa shape index (κ3) is 4.16. The molecule has 0 saturated heterocycles. The minimum absolute atomic E-state index is 0. The highest BCUT2D eigenvalue weighted by atomic mass is 16.3. The molecule has 1 aromatic rings. The summed E-state index contributed by atoms with van der Waals surface area (Å²) in [4.78, 5) is 37.3. The van der Waals surface area contributed by atoms with Crippen LogP contribution < -0.4 is 0 Å². The fraction of sp³-hybridized carbons (Fsp3) is 0.500. The highest BCUT2D eigenvalue weighted by molar-refractivity contribution is 6.17. The van der Waals surface area contributed by atoms with Crippen LogP contribution in [0.25, 0.3) is 5.76 Å². The SMILES string of the molecule is CC(=O)CC(=O)C1C(=O)C2=C(O)c3c(cc(C)c(C)c3O)CC2CC1CCO.O.O.[HH].[HH]. The van der Waals surface area contributed by atoms with E-state index in [2.05, 4.69) is 0 Å². The third-order valence-corrected chi connectivity index (χ3v) is 6.14. The number of phenols is 1. The van der Waals surface area contributed by atoms with Crippen LogP contribution in [0.4, 0.5) is 0 Å². The normalized spacial score (nSPS) is 22.4. The molecular formula is C22H34O8. The highest BCUT2D eigenvalue weighted by Gasteiger charge is 2.47. The van der Waals surface area contributed by atoms with Gasteiger partial charge in [-0.3, -0.25) is 14.4 Å². The summed E-state index contributed by atoms with van der Waals surface area (Å²) in [5.41, 5.74) is 2.74. The first-order valence-electron chi connectivity index (χ1n) is 9.60. The van der Waals surface area contributed by atoms with Gasteiger partial charge in [0, 0.05) is 15.0 Å². The summed E-state index contributed by atoms with van der Waals surface area (Å²) in [6.45, 7) is 4.76. The molecular weight excluding hydrogens is 392 g/mol. The summed E-state index contributed by atoms with van der Waals surface area (Å²) < 4.78 is 0. The number of hydrogen-bond donors (Lipinski definition) is 3. The molecule has 1 aromatic carbocycles. The number of ketones is 3. The zero-order chi connectivity index (χ0) is 20.7. The molecule has 0 radical (unpaired) electrons. The number of aliphatic hydroxyl groups excluding tert-OH is 2. The van der Waals surface area contributed by atoms with Crippen molar-refractivity contribution < 1.29 is 43.5 Å². The Balaban J connectivity index is 0. The number of aromatic hydroxyl groups is 1. The van der Waals surface area contributed by atoms with Crippen LogP contribution in [0.2, 0.25) is 0 Å². The zero-order valence-electron chi connectivity index (χ0n) is 17.4. The molecule has 2 aliphatic carbocycles. The molecule has 170 valence electrons. The van der Waals surface area contributed by atoms with E-state index in [1.165, 1.54) is 6.92 Å². The van der Waals surface area contributed by atoms with Crippen LogP contribution in [0, 0.1) is 31.6 Å². The monoisotopic (exact) mass is 426 g/mol. The Kier molecular flexibility index (Phi) is 8.08. The van der Waals surface area contributed by atoms with Crippen LogP contribution in [-0.2, 0) is 20.8 Å². The van der Waals surface area contributed by atoms with Crippen molar-refractivity contribution in [1.29, 1.82) is 0 Å². The average molecular weight is 427 g/mol. The van der Waals surface area contributed by atoms with E-state index in [-0.39, 0.29) is 73.5 Å². The molecule has 0 spiro atoms. The Labute approximate surface area is 177 Å². The van der Waals surface area contributed by atoms with Crippen molar-refractivity contribution in [3.8, 4) is 5.75 Å². The predicted molar refractivity (Wildman–Crippen MR) is 114 cm³/mol. The van der Waals surface area contributed by atoms with Gasteiger partial charge in [-0.25, -0.2) is 0 Å². The largest absolute Gasteiger partial charge is 0.507 e. The first kappa shape index (κ1) is 25.5. The number of aliphatic hydroxyl groups is 2. The van der Waals surface area contributed by atoms with Gasteiger partial charge in [0.2, 0.25) is 0 Å². The minimum Gasteiger partial charge on any atom is -0.507 e. The molecule has 0 aromatic heterocycles. The third-order valence-electron chi connectivity index (χ3n) is 6.14. The van der Waals surface area contributed by atoms with Crippen LogP contribution in [0.1, 0.15) is 51.3 Å². The van der Waals surface area contributed by atoms with Gasteiger partial charge in [-0.05, 0) is 68.6 Å². The number of rotatable bonds is 5. The summed E-state index contributed by atoms with van der Waals surface area (Å²) >= 11 is 0. The smallest absolute Gasteiger partial charge is 0.173 e. The standard InChI is InChI=1S/C22H26O6.2H2O.2H2/c1-10-6-14-9-15-8-13(4-5-23)17(16(25)7-11(2)24)21(27)19(15)22(28)18(14)20(26)12(10)3;;;;/h6,13,15,17,23,26,28H,4-5,7-9H2,1-3H3;2*1H2;2*1H. The van der Waals surface area contributed by atoms with Crippen LogP contribution in [0.5, 0.6) is 5.75 Å². The summed E-state index contributed by atoms with van der Waals surface area (Å²) in [6, 6.07) is 1.91. The Morgan fingerprint density at radius 2 is 1.83 bits per heavy atom. The van der Waals surface area contributed by atoms with Crippen molar-refractivity contribution in [2.75, 3.05) is 6.61 Å². The van der Waals surface area contributed by atoms with Gasteiger partial charge in [0.1, 0.15) is 17.3 Å². The Bertz CT molecular complexity index is 910. The molecule has 8 nitrogen and oxygen atoms in total. The summed E-state index contributed by atoms with van der Waals surface area (Å²) in [6.07, 6.45) is 0.893. The molecule has 1 fully saturated rings. The van der Waals surface area contributed by atoms with Crippen LogP contribution >= 0.6 is 0 Å². The molecule has 3 rings (SSSR count). The maximum Gasteiger partial charge on any atom is 0.173 e. The second-order valence-corrected chi connectivity index (χ2v) is 8.06. The number of hydrogen-bond acceptors (Lipinski definition) is 6. The van der Waals surface area contributed by atoms with Crippen molar-refractivity contribution in [3.63, 3.8) is 0 Å². The molecule has 2 aliphatic rings. The van der Waals surface area contributed by atoms with Gasteiger partial charge in [0.05, 0.1) is 17.9 Å².